The average Bonchev–Trinajstić information content (AvgIpc) is 2.97. The molecule has 1 aliphatic rings. The van der Waals surface area contributed by atoms with Crippen LogP contribution in [0.2, 0.25) is 0 Å². The summed E-state index contributed by atoms with van der Waals surface area (Å²) in [7, 11) is 1.76. The predicted octanol–water partition coefficient (Wildman–Crippen LogP) is 3.40. The lowest BCUT2D eigenvalue weighted by atomic mass is 9.87. The van der Waals surface area contributed by atoms with E-state index < -0.39 is 0 Å². The second-order valence-corrected chi connectivity index (χ2v) is 6.03. The zero-order valence-corrected chi connectivity index (χ0v) is 12.0. The van der Waals surface area contributed by atoms with Crippen LogP contribution in [0.4, 0.5) is 0 Å². The molecule has 0 unspecified atom stereocenters. The van der Waals surface area contributed by atoms with Crippen molar-refractivity contribution in [3.63, 3.8) is 0 Å². The molecule has 0 saturated heterocycles. The molecule has 2 nitrogen and oxygen atoms in total. The standard InChI is InChI=1S/C16H19NOS/c1-18-16-6-2-4-12-10-13(7-8-15(12)16)17-11-14-5-3-9-19-14/h2-6,9,13,17H,7-8,10-11H2,1H3/t13-/m0/s1. The first-order chi connectivity index (χ1) is 9.36. The normalized spacial score (nSPS) is 18.1. The summed E-state index contributed by atoms with van der Waals surface area (Å²) in [6.07, 6.45) is 3.41. The summed E-state index contributed by atoms with van der Waals surface area (Å²) in [5, 5.41) is 5.81. The Morgan fingerprint density at radius 1 is 1.32 bits per heavy atom. The van der Waals surface area contributed by atoms with E-state index in [1.54, 1.807) is 7.11 Å². The van der Waals surface area contributed by atoms with Crippen LogP contribution in [0.1, 0.15) is 22.4 Å². The van der Waals surface area contributed by atoms with Gasteiger partial charge in [0.25, 0.3) is 0 Å². The first-order valence-electron chi connectivity index (χ1n) is 6.77. The van der Waals surface area contributed by atoms with Crippen LogP contribution in [-0.2, 0) is 19.4 Å². The monoisotopic (exact) mass is 273 g/mol. The Kier molecular flexibility index (Phi) is 3.85. The first-order valence-corrected chi connectivity index (χ1v) is 7.65. The van der Waals surface area contributed by atoms with Crippen LogP contribution in [0.5, 0.6) is 5.75 Å². The smallest absolute Gasteiger partial charge is 0.122 e. The molecular weight excluding hydrogens is 254 g/mol. The van der Waals surface area contributed by atoms with Gasteiger partial charge in [0.05, 0.1) is 7.11 Å². The number of nitrogens with one attached hydrogen (secondary N) is 1. The van der Waals surface area contributed by atoms with E-state index in [9.17, 15) is 0 Å². The van der Waals surface area contributed by atoms with Gasteiger partial charge in [-0.3, -0.25) is 0 Å². The molecule has 0 saturated carbocycles. The molecule has 3 heteroatoms. The molecule has 0 amide bonds. The summed E-state index contributed by atoms with van der Waals surface area (Å²) >= 11 is 1.82. The number of benzene rings is 1. The van der Waals surface area contributed by atoms with Gasteiger partial charge in [-0.15, -0.1) is 11.3 Å². The van der Waals surface area contributed by atoms with Gasteiger partial charge in [-0.1, -0.05) is 18.2 Å². The summed E-state index contributed by atoms with van der Waals surface area (Å²) in [5.41, 5.74) is 2.84. The van der Waals surface area contributed by atoms with E-state index in [1.807, 2.05) is 11.3 Å². The largest absolute Gasteiger partial charge is 0.496 e. The second kappa shape index (κ2) is 5.76. The van der Waals surface area contributed by atoms with Crippen LogP contribution in [0, 0.1) is 0 Å². The van der Waals surface area contributed by atoms with Crippen LogP contribution in [0.25, 0.3) is 0 Å². The quantitative estimate of drug-likeness (QED) is 0.922. The Labute approximate surface area is 118 Å². The highest BCUT2D eigenvalue weighted by molar-refractivity contribution is 7.09. The summed E-state index contributed by atoms with van der Waals surface area (Å²) in [5.74, 6) is 1.05. The second-order valence-electron chi connectivity index (χ2n) is 5.00. The minimum Gasteiger partial charge on any atom is -0.496 e. The molecule has 1 heterocycles. The molecule has 2 aromatic rings. The van der Waals surface area contributed by atoms with E-state index in [-0.39, 0.29) is 0 Å². The molecular formula is C16H19NOS. The fraction of sp³-hybridized carbons (Fsp3) is 0.375. The molecule has 1 atom stereocenters. The van der Waals surface area contributed by atoms with Crippen molar-refractivity contribution in [3.05, 3.63) is 51.7 Å². The van der Waals surface area contributed by atoms with Crippen molar-refractivity contribution in [1.82, 2.24) is 5.32 Å². The van der Waals surface area contributed by atoms with Gasteiger partial charge < -0.3 is 10.1 Å². The summed E-state index contributed by atoms with van der Waals surface area (Å²) < 4.78 is 5.45. The van der Waals surface area contributed by atoms with Crippen LogP contribution in [0.3, 0.4) is 0 Å². The Hall–Kier alpha value is -1.32. The fourth-order valence-corrected chi connectivity index (χ4v) is 3.45. The molecule has 0 radical (unpaired) electrons. The SMILES string of the molecule is COc1cccc2c1CC[C@H](NCc1cccs1)C2. The number of ether oxygens (including phenoxy) is 1. The Morgan fingerprint density at radius 2 is 2.26 bits per heavy atom. The third-order valence-corrected chi connectivity index (χ3v) is 4.68. The highest BCUT2D eigenvalue weighted by Crippen LogP contribution is 2.29. The molecule has 3 rings (SSSR count). The van der Waals surface area contributed by atoms with Gasteiger partial charge in [0.15, 0.2) is 0 Å². The van der Waals surface area contributed by atoms with Crippen LogP contribution in [-0.4, -0.2) is 13.2 Å². The molecule has 0 bridgehead atoms. The molecule has 1 aromatic heterocycles. The van der Waals surface area contributed by atoms with Crippen molar-refractivity contribution in [1.29, 1.82) is 0 Å². The van der Waals surface area contributed by atoms with Crippen LogP contribution in [0.15, 0.2) is 35.7 Å². The Bertz CT molecular complexity index is 536. The van der Waals surface area contributed by atoms with Crippen molar-refractivity contribution in [3.8, 4) is 5.75 Å². The number of methoxy groups -OCH3 is 1. The van der Waals surface area contributed by atoms with Crippen molar-refractivity contribution in [2.24, 2.45) is 0 Å². The molecule has 100 valence electrons. The molecule has 0 fully saturated rings. The topological polar surface area (TPSA) is 21.3 Å². The van der Waals surface area contributed by atoms with Gasteiger partial charge in [-0.05, 0) is 47.9 Å². The minimum atomic E-state index is 0.585. The van der Waals surface area contributed by atoms with E-state index in [1.165, 1.54) is 22.4 Å². The number of thiophene rings is 1. The van der Waals surface area contributed by atoms with Crippen LogP contribution < -0.4 is 10.1 Å². The van der Waals surface area contributed by atoms with E-state index in [4.69, 9.17) is 4.74 Å². The third kappa shape index (κ3) is 2.82. The van der Waals surface area contributed by atoms with Gasteiger partial charge in [0, 0.05) is 17.5 Å². The van der Waals surface area contributed by atoms with Crippen molar-refractivity contribution in [2.45, 2.75) is 31.8 Å². The molecule has 1 N–H and O–H groups in total. The van der Waals surface area contributed by atoms with E-state index >= 15 is 0 Å². The number of hydrogen-bond acceptors (Lipinski definition) is 3. The zero-order chi connectivity index (χ0) is 13.1. The lowest BCUT2D eigenvalue weighted by Gasteiger charge is -2.26. The van der Waals surface area contributed by atoms with E-state index in [0.29, 0.717) is 6.04 Å². The van der Waals surface area contributed by atoms with Gasteiger partial charge in [0.2, 0.25) is 0 Å². The highest BCUT2D eigenvalue weighted by Gasteiger charge is 2.20. The summed E-state index contributed by atoms with van der Waals surface area (Å²) in [4.78, 5) is 1.41. The lowest BCUT2D eigenvalue weighted by Crippen LogP contribution is -2.34. The molecule has 0 spiro atoms. The average molecular weight is 273 g/mol. The Morgan fingerprint density at radius 3 is 3.05 bits per heavy atom. The van der Waals surface area contributed by atoms with Gasteiger partial charge in [0.1, 0.15) is 5.75 Å². The van der Waals surface area contributed by atoms with Gasteiger partial charge in [-0.25, -0.2) is 0 Å². The van der Waals surface area contributed by atoms with Crippen molar-refractivity contribution >= 4 is 11.3 Å². The summed E-state index contributed by atoms with van der Waals surface area (Å²) in [6.45, 7) is 0.988. The molecule has 19 heavy (non-hydrogen) atoms. The number of fused-ring (bicyclic) bond motifs is 1. The first kappa shape index (κ1) is 12.7. The van der Waals surface area contributed by atoms with E-state index in [0.717, 1.165) is 25.1 Å². The molecule has 1 aromatic carbocycles. The summed E-state index contributed by atoms with van der Waals surface area (Å²) in [6, 6.07) is 11.3. The fourth-order valence-electron chi connectivity index (χ4n) is 2.80. The lowest BCUT2D eigenvalue weighted by molar-refractivity contribution is 0.397. The van der Waals surface area contributed by atoms with Gasteiger partial charge in [-0.2, -0.15) is 0 Å². The zero-order valence-electron chi connectivity index (χ0n) is 11.2. The maximum absolute atomic E-state index is 5.45. The maximum Gasteiger partial charge on any atom is 0.122 e. The molecule has 0 aliphatic heterocycles. The van der Waals surface area contributed by atoms with E-state index in [2.05, 4.69) is 41.0 Å². The van der Waals surface area contributed by atoms with Crippen molar-refractivity contribution in [2.75, 3.05) is 7.11 Å². The highest BCUT2D eigenvalue weighted by atomic mass is 32.1. The third-order valence-electron chi connectivity index (χ3n) is 3.80. The predicted molar refractivity (Wildman–Crippen MR) is 80.0 cm³/mol. The maximum atomic E-state index is 5.45. The minimum absolute atomic E-state index is 0.585. The number of rotatable bonds is 4. The van der Waals surface area contributed by atoms with Crippen LogP contribution >= 0.6 is 11.3 Å². The number of hydrogen-bond donors (Lipinski definition) is 1. The molecule has 1 aliphatic carbocycles. The Balaban J connectivity index is 1.65. The van der Waals surface area contributed by atoms with Gasteiger partial charge >= 0.3 is 0 Å². The van der Waals surface area contributed by atoms with Crippen molar-refractivity contribution < 1.29 is 4.74 Å².